The standard InChI is InChI=1S/C17H23N3O/c1-14(16-7-11-21-12-8-16)18-13-15-3-5-17(6-4-15)20-10-2-9-19-20/h2-6,9-10,14,16,18H,7-8,11-13H2,1H3. The number of rotatable bonds is 5. The summed E-state index contributed by atoms with van der Waals surface area (Å²) in [6, 6.07) is 11.0. The van der Waals surface area contributed by atoms with Gasteiger partial charge in [-0.05, 0) is 49.4 Å². The lowest BCUT2D eigenvalue weighted by Crippen LogP contribution is -2.36. The second kappa shape index (κ2) is 6.87. The van der Waals surface area contributed by atoms with Gasteiger partial charge < -0.3 is 10.1 Å². The van der Waals surface area contributed by atoms with Crippen LogP contribution in [0, 0.1) is 5.92 Å². The lowest BCUT2D eigenvalue weighted by Gasteiger charge is -2.28. The van der Waals surface area contributed by atoms with E-state index in [2.05, 4.69) is 41.6 Å². The Morgan fingerprint density at radius 1 is 1.29 bits per heavy atom. The van der Waals surface area contributed by atoms with Crippen molar-refractivity contribution in [2.75, 3.05) is 13.2 Å². The summed E-state index contributed by atoms with van der Waals surface area (Å²) in [5, 5.41) is 7.89. The summed E-state index contributed by atoms with van der Waals surface area (Å²) in [5.41, 5.74) is 2.41. The summed E-state index contributed by atoms with van der Waals surface area (Å²) in [7, 11) is 0. The highest BCUT2D eigenvalue weighted by Crippen LogP contribution is 2.19. The van der Waals surface area contributed by atoms with E-state index in [-0.39, 0.29) is 0 Å². The minimum absolute atomic E-state index is 0.541. The highest BCUT2D eigenvalue weighted by molar-refractivity contribution is 5.33. The van der Waals surface area contributed by atoms with E-state index in [9.17, 15) is 0 Å². The lowest BCUT2D eigenvalue weighted by atomic mass is 9.93. The fourth-order valence-corrected chi connectivity index (χ4v) is 2.85. The highest BCUT2D eigenvalue weighted by Gasteiger charge is 2.19. The summed E-state index contributed by atoms with van der Waals surface area (Å²) >= 11 is 0. The number of hydrogen-bond donors (Lipinski definition) is 1. The van der Waals surface area contributed by atoms with Crippen LogP contribution >= 0.6 is 0 Å². The summed E-state index contributed by atoms with van der Waals surface area (Å²) in [5.74, 6) is 0.738. The average molecular weight is 285 g/mol. The van der Waals surface area contributed by atoms with E-state index in [4.69, 9.17) is 4.74 Å². The van der Waals surface area contributed by atoms with Gasteiger partial charge in [0.25, 0.3) is 0 Å². The van der Waals surface area contributed by atoms with E-state index in [0.29, 0.717) is 6.04 Å². The normalized spacial score (nSPS) is 17.8. The van der Waals surface area contributed by atoms with Gasteiger partial charge in [-0.1, -0.05) is 12.1 Å². The molecule has 0 radical (unpaired) electrons. The summed E-state index contributed by atoms with van der Waals surface area (Å²) in [6.45, 7) is 5.02. The molecule has 0 bridgehead atoms. The van der Waals surface area contributed by atoms with Crippen molar-refractivity contribution < 1.29 is 4.74 Å². The van der Waals surface area contributed by atoms with Crippen molar-refractivity contribution in [3.05, 3.63) is 48.3 Å². The van der Waals surface area contributed by atoms with Crippen molar-refractivity contribution in [2.45, 2.75) is 32.4 Å². The molecule has 1 aliphatic rings. The number of hydrogen-bond acceptors (Lipinski definition) is 3. The molecule has 1 atom stereocenters. The van der Waals surface area contributed by atoms with Crippen molar-refractivity contribution >= 4 is 0 Å². The molecule has 1 aromatic carbocycles. The summed E-state index contributed by atoms with van der Waals surface area (Å²) in [6.07, 6.45) is 6.10. The molecule has 21 heavy (non-hydrogen) atoms. The zero-order valence-corrected chi connectivity index (χ0v) is 12.5. The van der Waals surface area contributed by atoms with E-state index in [1.165, 1.54) is 18.4 Å². The van der Waals surface area contributed by atoms with Gasteiger partial charge in [-0.25, -0.2) is 4.68 Å². The topological polar surface area (TPSA) is 39.1 Å². The van der Waals surface area contributed by atoms with Crippen molar-refractivity contribution in [2.24, 2.45) is 5.92 Å². The molecule has 3 rings (SSSR count). The molecule has 4 heteroatoms. The van der Waals surface area contributed by atoms with E-state index in [0.717, 1.165) is 31.4 Å². The van der Waals surface area contributed by atoms with Crippen LogP contribution in [0.5, 0.6) is 0 Å². The molecule has 1 aromatic heterocycles. The molecule has 2 heterocycles. The maximum atomic E-state index is 5.43. The third-order valence-corrected chi connectivity index (χ3v) is 4.31. The largest absolute Gasteiger partial charge is 0.381 e. The molecule has 2 aromatic rings. The van der Waals surface area contributed by atoms with Crippen LogP contribution in [-0.4, -0.2) is 29.0 Å². The van der Waals surface area contributed by atoms with Gasteiger partial charge in [0, 0.05) is 38.2 Å². The van der Waals surface area contributed by atoms with E-state index < -0.39 is 0 Å². The molecule has 1 fully saturated rings. The predicted molar refractivity (Wildman–Crippen MR) is 83.4 cm³/mol. The molecule has 1 saturated heterocycles. The second-order valence-electron chi connectivity index (χ2n) is 5.74. The zero-order chi connectivity index (χ0) is 14.5. The Labute approximate surface area is 126 Å². The van der Waals surface area contributed by atoms with Crippen LogP contribution in [0.2, 0.25) is 0 Å². The Balaban J connectivity index is 1.53. The first-order valence-electron chi connectivity index (χ1n) is 7.73. The molecule has 112 valence electrons. The van der Waals surface area contributed by atoms with Gasteiger partial charge in [-0.2, -0.15) is 5.10 Å². The van der Waals surface area contributed by atoms with Crippen molar-refractivity contribution in [3.63, 3.8) is 0 Å². The smallest absolute Gasteiger partial charge is 0.0645 e. The zero-order valence-electron chi connectivity index (χ0n) is 12.5. The molecule has 0 spiro atoms. The first-order chi connectivity index (χ1) is 10.3. The lowest BCUT2D eigenvalue weighted by molar-refractivity contribution is 0.0558. The minimum atomic E-state index is 0.541. The number of aromatic nitrogens is 2. The van der Waals surface area contributed by atoms with E-state index >= 15 is 0 Å². The molecule has 1 unspecified atom stereocenters. The molecule has 0 aliphatic carbocycles. The van der Waals surface area contributed by atoms with Gasteiger partial charge in [-0.15, -0.1) is 0 Å². The maximum Gasteiger partial charge on any atom is 0.0645 e. The van der Waals surface area contributed by atoms with E-state index in [1.807, 2.05) is 16.9 Å². The quantitative estimate of drug-likeness (QED) is 0.918. The second-order valence-corrected chi connectivity index (χ2v) is 5.74. The molecule has 1 N–H and O–H groups in total. The minimum Gasteiger partial charge on any atom is -0.381 e. The van der Waals surface area contributed by atoms with Crippen LogP contribution in [-0.2, 0) is 11.3 Å². The molecule has 1 aliphatic heterocycles. The van der Waals surface area contributed by atoms with Crippen LogP contribution in [0.4, 0.5) is 0 Å². The number of benzene rings is 1. The monoisotopic (exact) mass is 285 g/mol. The first kappa shape index (κ1) is 14.3. The Bertz CT molecular complexity index is 530. The number of ether oxygens (including phenoxy) is 1. The Hall–Kier alpha value is -1.65. The molecule has 0 amide bonds. The van der Waals surface area contributed by atoms with Gasteiger partial charge in [-0.3, -0.25) is 0 Å². The van der Waals surface area contributed by atoms with Crippen LogP contribution in [0.1, 0.15) is 25.3 Å². The number of nitrogens with one attached hydrogen (secondary N) is 1. The Morgan fingerprint density at radius 3 is 2.71 bits per heavy atom. The predicted octanol–water partition coefficient (Wildman–Crippen LogP) is 2.78. The third-order valence-electron chi connectivity index (χ3n) is 4.31. The van der Waals surface area contributed by atoms with Crippen LogP contribution in [0.3, 0.4) is 0 Å². The number of nitrogens with zero attached hydrogens (tertiary/aromatic N) is 2. The summed E-state index contributed by atoms with van der Waals surface area (Å²) < 4.78 is 7.30. The van der Waals surface area contributed by atoms with Crippen molar-refractivity contribution in [1.29, 1.82) is 0 Å². The van der Waals surface area contributed by atoms with Gasteiger partial charge in [0.05, 0.1) is 5.69 Å². The van der Waals surface area contributed by atoms with Crippen molar-refractivity contribution in [3.8, 4) is 5.69 Å². The van der Waals surface area contributed by atoms with Gasteiger partial charge >= 0.3 is 0 Å². The van der Waals surface area contributed by atoms with Crippen LogP contribution in [0.15, 0.2) is 42.7 Å². The SMILES string of the molecule is CC(NCc1ccc(-n2cccn2)cc1)C1CCOCC1. The molecular formula is C17H23N3O. The fraction of sp³-hybridized carbons (Fsp3) is 0.471. The molecular weight excluding hydrogens is 262 g/mol. The Kier molecular flexibility index (Phi) is 4.68. The van der Waals surface area contributed by atoms with Gasteiger partial charge in [0.2, 0.25) is 0 Å². The van der Waals surface area contributed by atoms with Crippen molar-refractivity contribution in [1.82, 2.24) is 15.1 Å². The summed E-state index contributed by atoms with van der Waals surface area (Å²) in [4.78, 5) is 0. The molecule has 4 nitrogen and oxygen atoms in total. The van der Waals surface area contributed by atoms with Crippen LogP contribution < -0.4 is 5.32 Å². The molecule has 0 saturated carbocycles. The fourth-order valence-electron chi connectivity index (χ4n) is 2.85. The van der Waals surface area contributed by atoms with E-state index in [1.54, 1.807) is 6.20 Å². The Morgan fingerprint density at radius 2 is 2.05 bits per heavy atom. The highest BCUT2D eigenvalue weighted by atomic mass is 16.5. The third kappa shape index (κ3) is 3.71. The van der Waals surface area contributed by atoms with Gasteiger partial charge in [0.1, 0.15) is 0 Å². The average Bonchev–Trinajstić information content (AvgIpc) is 3.08. The van der Waals surface area contributed by atoms with Gasteiger partial charge in [0.15, 0.2) is 0 Å². The first-order valence-corrected chi connectivity index (χ1v) is 7.73. The maximum absolute atomic E-state index is 5.43. The van der Waals surface area contributed by atoms with Crippen LogP contribution in [0.25, 0.3) is 5.69 Å².